The highest BCUT2D eigenvalue weighted by Crippen LogP contribution is 2.43. The second-order valence-electron chi connectivity index (χ2n) is 4.01. The summed E-state index contributed by atoms with van der Waals surface area (Å²) in [6.45, 7) is 1.79. The lowest BCUT2D eigenvalue weighted by atomic mass is 9.66. The average molecular weight is 171 g/mol. The van der Waals surface area contributed by atoms with E-state index in [-0.39, 0.29) is 0 Å². The number of hydrogen-bond donors (Lipinski definition) is 1. The molecule has 1 saturated carbocycles. The van der Waals surface area contributed by atoms with Gasteiger partial charge in [-0.3, -0.25) is 0 Å². The first-order valence-corrected chi connectivity index (χ1v) is 5.02. The zero-order valence-corrected chi connectivity index (χ0v) is 8.14. The number of unbranched alkanes of at least 4 members (excludes halogenated alkanes) is 1. The summed E-state index contributed by atoms with van der Waals surface area (Å²) in [4.78, 5) is 0. The van der Waals surface area contributed by atoms with E-state index in [1.165, 1.54) is 38.5 Å². The number of methoxy groups -OCH3 is 1. The standard InChI is InChI=1S/C10H21NO/c1-12-8-3-2-5-10(9-11)6-4-7-10/h2-9,11H2,1H3. The molecular weight excluding hydrogens is 150 g/mol. The highest BCUT2D eigenvalue weighted by molar-refractivity contribution is 4.88. The molecule has 0 amide bonds. The van der Waals surface area contributed by atoms with Crippen molar-refractivity contribution in [3.05, 3.63) is 0 Å². The predicted molar refractivity (Wildman–Crippen MR) is 51.1 cm³/mol. The molecule has 2 heteroatoms. The molecule has 72 valence electrons. The molecule has 0 aromatic rings. The van der Waals surface area contributed by atoms with Crippen LogP contribution in [0.2, 0.25) is 0 Å². The van der Waals surface area contributed by atoms with Crippen LogP contribution in [0.4, 0.5) is 0 Å². The normalized spacial score (nSPS) is 20.5. The number of rotatable bonds is 6. The Kier molecular flexibility index (Phi) is 4.02. The first-order chi connectivity index (χ1) is 5.83. The Hall–Kier alpha value is -0.0800. The van der Waals surface area contributed by atoms with Crippen LogP contribution in [0.15, 0.2) is 0 Å². The Morgan fingerprint density at radius 1 is 1.33 bits per heavy atom. The van der Waals surface area contributed by atoms with Crippen LogP contribution < -0.4 is 5.73 Å². The van der Waals surface area contributed by atoms with Gasteiger partial charge in [-0.05, 0) is 37.6 Å². The average Bonchev–Trinajstić information content (AvgIpc) is 2.02. The summed E-state index contributed by atoms with van der Waals surface area (Å²) in [7, 11) is 1.77. The van der Waals surface area contributed by atoms with Crippen LogP contribution in [0.3, 0.4) is 0 Å². The predicted octanol–water partition coefficient (Wildman–Crippen LogP) is 1.93. The fourth-order valence-electron chi connectivity index (χ4n) is 1.98. The van der Waals surface area contributed by atoms with E-state index in [4.69, 9.17) is 10.5 Å². The number of ether oxygens (including phenoxy) is 1. The summed E-state index contributed by atoms with van der Waals surface area (Å²) < 4.78 is 5.01. The highest BCUT2D eigenvalue weighted by atomic mass is 16.5. The highest BCUT2D eigenvalue weighted by Gasteiger charge is 2.34. The Morgan fingerprint density at radius 2 is 2.08 bits per heavy atom. The monoisotopic (exact) mass is 171 g/mol. The minimum atomic E-state index is 0.535. The van der Waals surface area contributed by atoms with Gasteiger partial charge >= 0.3 is 0 Å². The van der Waals surface area contributed by atoms with E-state index >= 15 is 0 Å². The summed E-state index contributed by atoms with van der Waals surface area (Å²) in [6, 6.07) is 0. The minimum absolute atomic E-state index is 0.535. The zero-order chi connectivity index (χ0) is 8.86. The van der Waals surface area contributed by atoms with Crippen LogP contribution >= 0.6 is 0 Å². The van der Waals surface area contributed by atoms with Gasteiger partial charge < -0.3 is 10.5 Å². The second kappa shape index (κ2) is 4.83. The van der Waals surface area contributed by atoms with E-state index in [9.17, 15) is 0 Å². The van der Waals surface area contributed by atoms with Crippen molar-refractivity contribution in [3.8, 4) is 0 Å². The van der Waals surface area contributed by atoms with Crippen LogP contribution in [0.25, 0.3) is 0 Å². The van der Waals surface area contributed by atoms with E-state index in [0.29, 0.717) is 5.41 Å². The fraction of sp³-hybridized carbons (Fsp3) is 1.00. The molecule has 2 nitrogen and oxygen atoms in total. The van der Waals surface area contributed by atoms with E-state index in [2.05, 4.69) is 0 Å². The van der Waals surface area contributed by atoms with E-state index in [0.717, 1.165) is 13.2 Å². The first kappa shape index (κ1) is 10.0. The third kappa shape index (κ3) is 2.46. The minimum Gasteiger partial charge on any atom is -0.385 e. The van der Waals surface area contributed by atoms with Gasteiger partial charge in [0.2, 0.25) is 0 Å². The molecule has 0 aliphatic heterocycles. The lowest BCUT2D eigenvalue weighted by Gasteiger charge is -2.41. The summed E-state index contributed by atoms with van der Waals surface area (Å²) in [6.07, 6.45) is 7.89. The van der Waals surface area contributed by atoms with Gasteiger partial charge in [0.1, 0.15) is 0 Å². The Bertz CT molecular complexity index is 115. The van der Waals surface area contributed by atoms with E-state index < -0.39 is 0 Å². The maximum Gasteiger partial charge on any atom is 0.0462 e. The van der Waals surface area contributed by atoms with Crippen molar-refractivity contribution in [1.82, 2.24) is 0 Å². The maximum absolute atomic E-state index is 5.75. The molecule has 1 fully saturated rings. The van der Waals surface area contributed by atoms with Crippen LogP contribution in [0, 0.1) is 5.41 Å². The van der Waals surface area contributed by atoms with Gasteiger partial charge in [-0.25, -0.2) is 0 Å². The molecule has 0 aromatic heterocycles. The first-order valence-electron chi connectivity index (χ1n) is 5.02. The SMILES string of the molecule is COCCCCC1(CN)CCC1. The van der Waals surface area contributed by atoms with Crippen LogP contribution in [0.1, 0.15) is 38.5 Å². The van der Waals surface area contributed by atoms with Crippen molar-refractivity contribution >= 4 is 0 Å². The van der Waals surface area contributed by atoms with Gasteiger partial charge in [0.15, 0.2) is 0 Å². The van der Waals surface area contributed by atoms with E-state index in [1.54, 1.807) is 7.11 Å². The maximum atomic E-state index is 5.75. The fourth-order valence-corrected chi connectivity index (χ4v) is 1.98. The van der Waals surface area contributed by atoms with Gasteiger partial charge in [-0.2, -0.15) is 0 Å². The molecule has 1 aliphatic carbocycles. The topological polar surface area (TPSA) is 35.2 Å². The quantitative estimate of drug-likeness (QED) is 0.620. The Labute approximate surface area is 75.5 Å². The molecule has 0 spiro atoms. The van der Waals surface area contributed by atoms with Crippen LogP contribution in [0.5, 0.6) is 0 Å². The van der Waals surface area contributed by atoms with Crippen molar-refractivity contribution in [2.75, 3.05) is 20.3 Å². The van der Waals surface area contributed by atoms with Crippen molar-refractivity contribution in [2.24, 2.45) is 11.1 Å². The van der Waals surface area contributed by atoms with Gasteiger partial charge in [-0.15, -0.1) is 0 Å². The van der Waals surface area contributed by atoms with Gasteiger partial charge in [0, 0.05) is 13.7 Å². The van der Waals surface area contributed by atoms with Gasteiger partial charge in [0.25, 0.3) is 0 Å². The molecule has 0 unspecified atom stereocenters. The molecule has 0 aromatic carbocycles. The van der Waals surface area contributed by atoms with Gasteiger partial charge in [-0.1, -0.05) is 12.8 Å². The molecule has 2 N–H and O–H groups in total. The molecule has 0 heterocycles. The van der Waals surface area contributed by atoms with E-state index in [1.807, 2.05) is 0 Å². The van der Waals surface area contributed by atoms with Crippen LogP contribution in [-0.4, -0.2) is 20.3 Å². The van der Waals surface area contributed by atoms with Crippen molar-refractivity contribution in [2.45, 2.75) is 38.5 Å². The van der Waals surface area contributed by atoms with Crippen molar-refractivity contribution < 1.29 is 4.74 Å². The Balaban J connectivity index is 2.04. The van der Waals surface area contributed by atoms with Crippen molar-refractivity contribution in [3.63, 3.8) is 0 Å². The summed E-state index contributed by atoms with van der Waals surface area (Å²) >= 11 is 0. The molecule has 0 radical (unpaired) electrons. The number of nitrogens with two attached hydrogens (primary N) is 1. The molecule has 0 saturated heterocycles. The zero-order valence-electron chi connectivity index (χ0n) is 8.14. The Morgan fingerprint density at radius 3 is 2.50 bits per heavy atom. The molecule has 0 bridgehead atoms. The number of hydrogen-bond acceptors (Lipinski definition) is 2. The lowest BCUT2D eigenvalue weighted by molar-refractivity contribution is 0.118. The largest absolute Gasteiger partial charge is 0.385 e. The van der Waals surface area contributed by atoms with Crippen molar-refractivity contribution in [1.29, 1.82) is 0 Å². The van der Waals surface area contributed by atoms with Gasteiger partial charge in [0.05, 0.1) is 0 Å². The second-order valence-corrected chi connectivity index (χ2v) is 4.01. The summed E-state index contributed by atoms with van der Waals surface area (Å²) in [5.41, 5.74) is 6.29. The smallest absolute Gasteiger partial charge is 0.0462 e. The molecular formula is C10H21NO. The molecule has 1 aliphatic rings. The lowest BCUT2D eigenvalue weighted by Crippen LogP contribution is -2.37. The third-order valence-corrected chi connectivity index (χ3v) is 3.15. The molecule has 0 atom stereocenters. The summed E-state index contributed by atoms with van der Waals surface area (Å²) in [5, 5.41) is 0. The molecule has 12 heavy (non-hydrogen) atoms. The van der Waals surface area contributed by atoms with Crippen LogP contribution in [-0.2, 0) is 4.74 Å². The molecule has 1 rings (SSSR count). The third-order valence-electron chi connectivity index (χ3n) is 3.15. The summed E-state index contributed by atoms with van der Waals surface area (Å²) in [5.74, 6) is 0.